The number of hydrogen-bond acceptors (Lipinski definition) is 2. The van der Waals surface area contributed by atoms with E-state index in [0.717, 1.165) is 26.4 Å². The lowest BCUT2D eigenvalue weighted by atomic mass is 10.2. The molecule has 0 unspecified atom stereocenters. The molecule has 2 heterocycles. The van der Waals surface area contributed by atoms with E-state index in [1.807, 2.05) is 48.5 Å². The van der Waals surface area contributed by atoms with E-state index in [-0.39, 0.29) is 5.91 Å². The first-order chi connectivity index (χ1) is 10.7. The zero-order valence-electron chi connectivity index (χ0n) is 11.4. The van der Waals surface area contributed by atoms with Gasteiger partial charge in [-0.25, -0.2) is 9.66 Å². The number of carbonyl (C=O) groups is 1. The topological polar surface area (TPSA) is 62.7 Å². The van der Waals surface area contributed by atoms with Gasteiger partial charge >= 0.3 is 0 Å². The average molecular weight is 355 g/mol. The molecule has 108 valence electrons. The number of carbonyl (C=O) groups excluding carboxylic acids is 1. The molecule has 2 aromatic heterocycles. The number of aromatic nitrogens is 3. The molecule has 0 atom stereocenters. The monoisotopic (exact) mass is 354 g/mol. The van der Waals surface area contributed by atoms with E-state index in [9.17, 15) is 4.79 Å². The third-order valence-electron chi connectivity index (χ3n) is 3.50. The van der Waals surface area contributed by atoms with Crippen LogP contribution in [0.3, 0.4) is 0 Å². The van der Waals surface area contributed by atoms with E-state index in [1.54, 1.807) is 11.0 Å². The summed E-state index contributed by atoms with van der Waals surface area (Å²) in [7, 11) is 0. The molecule has 0 aliphatic heterocycles. The fourth-order valence-electron chi connectivity index (χ4n) is 2.44. The van der Waals surface area contributed by atoms with E-state index < -0.39 is 0 Å². The second kappa shape index (κ2) is 4.99. The molecule has 0 radical (unpaired) electrons. The Kier molecular flexibility index (Phi) is 2.97. The van der Waals surface area contributed by atoms with Gasteiger partial charge in [0.1, 0.15) is 12.0 Å². The van der Waals surface area contributed by atoms with Crippen molar-refractivity contribution in [2.75, 3.05) is 5.43 Å². The number of benzene rings is 2. The number of aromatic amines is 1. The Balaban J connectivity index is 1.68. The van der Waals surface area contributed by atoms with Crippen LogP contribution in [0.5, 0.6) is 0 Å². The van der Waals surface area contributed by atoms with Crippen molar-refractivity contribution in [2.45, 2.75) is 0 Å². The summed E-state index contributed by atoms with van der Waals surface area (Å²) in [4.78, 5) is 19.8. The summed E-state index contributed by atoms with van der Waals surface area (Å²) >= 11 is 3.42. The number of nitrogens with zero attached hydrogens (tertiary/aromatic N) is 2. The van der Waals surface area contributed by atoms with Gasteiger partial charge in [0.25, 0.3) is 5.91 Å². The first-order valence-electron chi connectivity index (χ1n) is 6.72. The molecule has 2 aromatic carbocycles. The number of hydrogen-bond donors (Lipinski definition) is 2. The van der Waals surface area contributed by atoms with Crippen LogP contribution in [-0.2, 0) is 0 Å². The van der Waals surface area contributed by atoms with Crippen molar-refractivity contribution < 1.29 is 4.79 Å². The number of para-hydroxylation sites is 2. The Morgan fingerprint density at radius 2 is 2.05 bits per heavy atom. The van der Waals surface area contributed by atoms with Crippen LogP contribution >= 0.6 is 15.9 Å². The fraction of sp³-hybridized carbons (Fsp3) is 0. The number of fused-ring (bicyclic) bond motifs is 2. The standard InChI is InChI=1S/C16H11BrN4O/c17-11-6-5-10-7-14(19-13(10)8-11)16(22)20-21-9-18-12-3-1-2-4-15(12)21/h1-9,19H,(H,20,22). The lowest BCUT2D eigenvalue weighted by molar-refractivity contribution is 0.100. The van der Waals surface area contributed by atoms with Crippen molar-refractivity contribution in [1.29, 1.82) is 0 Å². The SMILES string of the molecule is O=C(Nn1cnc2ccccc21)c1cc2ccc(Br)cc2[nH]1. The number of imidazole rings is 1. The van der Waals surface area contributed by atoms with Gasteiger partial charge in [-0.3, -0.25) is 10.2 Å². The van der Waals surface area contributed by atoms with Gasteiger partial charge in [0, 0.05) is 15.4 Å². The predicted molar refractivity (Wildman–Crippen MR) is 89.4 cm³/mol. The number of H-pyrrole nitrogens is 1. The molecule has 0 aliphatic carbocycles. The van der Waals surface area contributed by atoms with Crippen molar-refractivity contribution in [3.63, 3.8) is 0 Å². The van der Waals surface area contributed by atoms with Crippen LogP contribution in [-0.4, -0.2) is 20.6 Å². The van der Waals surface area contributed by atoms with Gasteiger partial charge in [0.2, 0.25) is 0 Å². The van der Waals surface area contributed by atoms with Crippen molar-refractivity contribution in [3.8, 4) is 0 Å². The summed E-state index contributed by atoms with van der Waals surface area (Å²) in [5, 5.41) is 0.990. The first-order valence-corrected chi connectivity index (χ1v) is 7.52. The molecule has 0 saturated heterocycles. The summed E-state index contributed by atoms with van der Waals surface area (Å²) in [6, 6.07) is 15.3. The Labute approximate surface area is 134 Å². The van der Waals surface area contributed by atoms with Gasteiger partial charge in [-0.05, 0) is 30.3 Å². The van der Waals surface area contributed by atoms with Crippen LogP contribution < -0.4 is 5.43 Å². The maximum atomic E-state index is 12.4. The lowest BCUT2D eigenvalue weighted by Gasteiger charge is -2.05. The molecule has 0 bridgehead atoms. The Bertz CT molecular complexity index is 1000. The molecule has 22 heavy (non-hydrogen) atoms. The highest BCUT2D eigenvalue weighted by Crippen LogP contribution is 2.20. The summed E-state index contributed by atoms with van der Waals surface area (Å²) in [5.41, 5.74) is 5.94. The molecule has 0 spiro atoms. The minimum absolute atomic E-state index is 0.213. The molecular weight excluding hydrogens is 344 g/mol. The van der Waals surface area contributed by atoms with Gasteiger partial charge in [0.05, 0.1) is 11.0 Å². The number of amides is 1. The second-order valence-corrected chi connectivity index (χ2v) is 5.87. The summed E-state index contributed by atoms with van der Waals surface area (Å²) < 4.78 is 2.59. The van der Waals surface area contributed by atoms with Crippen molar-refractivity contribution in [2.24, 2.45) is 0 Å². The summed E-state index contributed by atoms with van der Waals surface area (Å²) in [6.07, 6.45) is 1.60. The highest BCUT2D eigenvalue weighted by molar-refractivity contribution is 9.10. The smallest absolute Gasteiger partial charge is 0.286 e. The van der Waals surface area contributed by atoms with Gasteiger partial charge in [-0.15, -0.1) is 0 Å². The largest absolute Gasteiger partial charge is 0.350 e. The van der Waals surface area contributed by atoms with Crippen LogP contribution in [0.15, 0.2) is 59.3 Å². The Hall–Kier alpha value is -2.60. The second-order valence-electron chi connectivity index (χ2n) is 4.96. The van der Waals surface area contributed by atoms with Gasteiger partial charge in [-0.1, -0.05) is 34.1 Å². The van der Waals surface area contributed by atoms with Gasteiger partial charge in [0.15, 0.2) is 0 Å². The third-order valence-corrected chi connectivity index (χ3v) is 4.00. The fourth-order valence-corrected chi connectivity index (χ4v) is 2.80. The number of rotatable bonds is 2. The summed E-state index contributed by atoms with van der Waals surface area (Å²) in [5.74, 6) is -0.213. The highest BCUT2D eigenvalue weighted by atomic mass is 79.9. The number of nitrogens with one attached hydrogen (secondary N) is 2. The Morgan fingerprint density at radius 1 is 1.18 bits per heavy atom. The predicted octanol–water partition coefficient (Wildman–Crippen LogP) is 3.66. The molecule has 5 nitrogen and oxygen atoms in total. The van der Waals surface area contributed by atoms with Crippen LogP contribution in [0, 0.1) is 0 Å². The highest BCUT2D eigenvalue weighted by Gasteiger charge is 2.11. The molecule has 2 N–H and O–H groups in total. The van der Waals surface area contributed by atoms with Crippen LogP contribution in [0.2, 0.25) is 0 Å². The average Bonchev–Trinajstić information content (AvgIpc) is 3.11. The Morgan fingerprint density at radius 3 is 2.95 bits per heavy atom. The van der Waals surface area contributed by atoms with Crippen LogP contribution in [0.1, 0.15) is 10.5 Å². The van der Waals surface area contributed by atoms with Crippen molar-refractivity contribution >= 4 is 43.8 Å². The lowest BCUT2D eigenvalue weighted by Crippen LogP contribution is -2.22. The minimum Gasteiger partial charge on any atom is -0.350 e. The molecule has 6 heteroatoms. The zero-order chi connectivity index (χ0) is 15.1. The van der Waals surface area contributed by atoms with Crippen molar-refractivity contribution in [3.05, 3.63) is 65.0 Å². The molecular formula is C16H11BrN4O. The maximum Gasteiger partial charge on any atom is 0.286 e. The van der Waals surface area contributed by atoms with Crippen LogP contribution in [0.25, 0.3) is 21.9 Å². The van der Waals surface area contributed by atoms with Gasteiger partial charge in [-0.2, -0.15) is 0 Å². The molecule has 4 aromatic rings. The summed E-state index contributed by atoms with van der Waals surface area (Å²) in [6.45, 7) is 0. The van der Waals surface area contributed by atoms with E-state index in [4.69, 9.17) is 0 Å². The van der Waals surface area contributed by atoms with E-state index in [2.05, 4.69) is 31.3 Å². The van der Waals surface area contributed by atoms with E-state index >= 15 is 0 Å². The molecule has 0 saturated carbocycles. The van der Waals surface area contributed by atoms with Crippen LogP contribution in [0.4, 0.5) is 0 Å². The maximum absolute atomic E-state index is 12.4. The molecule has 0 aliphatic rings. The molecule has 4 rings (SSSR count). The first kappa shape index (κ1) is 13.1. The normalized spacial score (nSPS) is 11.1. The van der Waals surface area contributed by atoms with Crippen molar-refractivity contribution in [1.82, 2.24) is 14.6 Å². The molecule has 0 fully saturated rings. The zero-order valence-corrected chi connectivity index (χ0v) is 13.0. The van der Waals surface area contributed by atoms with E-state index in [0.29, 0.717) is 5.69 Å². The number of halogens is 1. The van der Waals surface area contributed by atoms with Gasteiger partial charge < -0.3 is 4.98 Å². The van der Waals surface area contributed by atoms with E-state index in [1.165, 1.54) is 0 Å². The minimum atomic E-state index is -0.213. The quantitative estimate of drug-likeness (QED) is 0.576. The molecule has 1 amide bonds. The third kappa shape index (κ3) is 2.17.